The van der Waals surface area contributed by atoms with Gasteiger partial charge >= 0.3 is 0 Å². The van der Waals surface area contributed by atoms with Gasteiger partial charge in [0.05, 0.1) is 5.69 Å². The fourth-order valence-electron chi connectivity index (χ4n) is 5.52. The van der Waals surface area contributed by atoms with Crippen LogP contribution in [0.2, 0.25) is 0 Å². The molecule has 0 saturated heterocycles. The monoisotopic (exact) mass is 260 g/mol. The predicted molar refractivity (Wildman–Crippen MR) is 75.3 cm³/mol. The third kappa shape index (κ3) is 1.59. The third-order valence-electron chi connectivity index (χ3n) is 5.96. The number of nitrogens with zero attached hydrogens (tertiary/aromatic N) is 2. The maximum absolute atomic E-state index is 6.30. The van der Waals surface area contributed by atoms with E-state index in [-0.39, 0.29) is 0 Å². The van der Waals surface area contributed by atoms with Gasteiger partial charge in [-0.25, -0.2) is 0 Å². The molecule has 104 valence electrons. The van der Waals surface area contributed by atoms with Crippen molar-refractivity contribution in [3.05, 3.63) is 11.3 Å². The molecule has 4 heteroatoms. The minimum Gasteiger partial charge on any atom is -0.384 e. The first-order valence-corrected chi connectivity index (χ1v) is 7.68. The zero-order valence-electron chi connectivity index (χ0n) is 11.7. The van der Waals surface area contributed by atoms with Gasteiger partial charge in [-0.05, 0) is 61.7 Å². The Morgan fingerprint density at radius 1 is 1.11 bits per heavy atom. The van der Waals surface area contributed by atoms with Gasteiger partial charge in [-0.2, -0.15) is 5.10 Å². The van der Waals surface area contributed by atoms with Gasteiger partial charge in [0.25, 0.3) is 0 Å². The van der Waals surface area contributed by atoms with Crippen LogP contribution < -0.4 is 11.5 Å². The van der Waals surface area contributed by atoms with E-state index < -0.39 is 0 Å². The average molecular weight is 260 g/mol. The highest BCUT2D eigenvalue weighted by Gasteiger charge is 2.50. The Labute approximate surface area is 114 Å². The largest absolute Gasteiger partial charge is 0.384 e. The molecule has 5 rings (SSSR count). The molecule has 4 aliphatic carbocycles. The van der Waals surface area contributed by atoms with Gasteiger partial charge in [0.15, 0.2) is 0 Å². The highest BCUT2D eigenvalue weighted by atomic mass is 15.3. The van der Waals surface area contributed by atoms with Crippen LogP contribution in [0.15, 0.2) is 0 Å². The summed E-state index contributed by atoms with van der Waals surface area (Å²) in [6.07, 6.45) is 7.14. The SMILES string of the molecule is Cn1nc(CN)c(C2C3CC4CC(C3)CC2C4)c1N. The molecule has 4 saturated carbocycles. The Kier molecular flexibility index (Phi) is 2.47. The van der Waals surface area contributed by atoms with Gasteiger partial charge in [0, 0.05) is 19.2 Å². The van der Waals surface area contributed by atoms with Crippen molar-refractivity contribution in [3.8, 4) is 0 Å². The number of aryl methyl sites for hydroxylation is 1. The number of nitrogens with two attached hydrogens (primary N) is 2. The Bertz CT molecular complexity index is 476. The smallest absolute Gasteiger partial charge is 0.125 e. The summed E-state index contributed by atoms with van der Waals surface area (Å²) in [4.78, 5) is 0. The van der Waals surface area contributed by atoms with Gasteiger partial charge in [0.1, 0.15) is 5.82 Å². The number of anilines is 1. The normalized spacial score (nSPS) is 40.0. The predicted octanol–water partition coefficient (Wildman–Crippen LogP) is 2.00. The average Bonchev–Trinajstić information content (AvgIpc) is 2.65. The molecule has 0 amide bonds. The summed E-state index contributed by atoms with van der Waals surface area (Å²) in [5.41, 5.74) is 14.5. The van der Waals surface area contributed by atoms with Gasteiger partial charge in [-0.1, -0.05) is 0 Å². The summed E-state index contributed by atoms with van der Waals surface area (Å²) in [7, 11) is 1.94. The minimum atomic E-state index is 0.517. The van der Waals surface area contributed by atoms with Crippen molar-refractivity contribution in [1.82, 2.24) is 9.78 Å². The lowest BCUT2D eigenvalue weighted by Crippen LogP contribution is -2.44. The van der Waals surface area contributed by atoms with Crippen LogP contribution in [-0.4, -0.2) is 9.78 Å². The molecule has 4 aliphatic rings. The van der Waals surface area contributed by atoms with Crippen molar-refractivity contribution in [2.75, 3.05) is 5.73 Å². The molecule has 4 N–H and O–H groups in total. The summed E-state index contributed by atoms with van der Waals surface area (Å²) in [5, 5.41) is 4.53. The van der Waals surface area contributed by atoms with Crippen molar-refractivity contribution in [3.63, 3.8) is 0 Å². The van der Waals surface area contributed by atoms with Crippen LogP contribution >= 0.6 is 0 Å². The first-order chi connectivity index (χ1) is 9.17. The lowest BCUT2D eigenvalue weighted by molar-refractivity contribution is -0.00282. The van der Waals surface area contributed by atoms with Crippen LogP contribution in [0, 0.1) is 23.7 Å². The minimum absolute atomic E-state index is 0.517. The van der Waals surface area contributed by atoms with Crippen molar-refractivity contribution in [2.24, 2.45) is 36.5 Å². The fraction of sp³-hybridized carbons (Fsp3) is 0.800. The van der Waals surface area contributed by atoms with Gasteiger partial charge in [-0.3, -0.25) is 4.68 Å². The molecule has 4 fully saturated rings. The molecule has 4 bridgehead atoms. The lowest BCUT2D eigenvalue weighted by Gasteiger charge is -2.54. The van der Waals surface area contributed by atoms with Gasteiger partial charge in [0.2, 0.25) is 0 Å². The number of nitrogen functional groups attached to an aromatic ring is 1. The first kappa shape index (κ1) is 11.8. The van der Waals surface area contributed by atoms with E-state index in [1.165, 1.54) is 37.7 Å². The summed E-state index contributed by atoms with van der Waals surface area (Å²) in [6.45, 7) is 0.517. The molecule has 1 aromatic rings. The van der Waals surface area contributed by atoms with Crippen LogP contribution in [0.25, 0.3) is 0 Å². The molecule has 0 aromatic carbocycles. The topological polar surface area (TPSA) is 69.9 Å². The van der Waals surface area contributed by atoms with Crippen LogP contribution in [0.4, 0.5) is 5.82 Å². The van der Waals surface area contributed by atoms with Crippen molar-refractivity contribution < 1.29 is 0 Å². The zero-order valence-corrected chi connectivity index (χ0v) is 11.7. The quantitative estimate of drug-likeness (QED) is 0.854. The van der Waals surface area contributed by atoms with E-state index in [0.29, 0.717) is 12.5 Å². The standard InChI is InChI=1S/C15H24N4/c1-19-15(17)14(12(7-16)18-19)13-10-3-8-2-9(5-10)6-11(13)4-8/h8-11,13H,2-7,16-17H2,1H3. The van der Waals surface area contributed by atoms with E-state index in [1.54, 1.807) is 0 Å². The van der Waals surface area contributed by atoms with Gasteiger partial charge in [-0.15, -0.1) is 0 Å². The van der Waals surface area contributed by atoms with E-state index >= 15 is 0 Å². The molecule has 0 unspecified atom stereocenters. The molecule has 0 atom stereocenters. The summed E-state index contributed by atoms with van der Waals surface area (Å²) in [5.74, 6) is 5.18. The third-order valence-corrected chi connectivity index (χ3v) is 5.96. The van der Waals surface area contributed by atoms with E-state index in [2.05, 4.69) is 5.10 Å². The number of aromatic nitrogens is 2. The second-order valence-electron chi connectivity index (χ2n) is 7.03. The van der Waals surface area contributed by atoms with E-state index in [9.17, 15) is 0 Å². The van der Waals surface area contributed by atoms with Crippen LogP contribution in [0.1, 0.15) is 49.3 Å². The first-order valence-electron chi connectivity index (χ1n) is 7.68. The number of hydrogen-bond acceptors (Lipinski definition) is 3. The maximum Gasteiger partial charge on any atom is 0.125 e. The molecule has 19 heavy (non-hydrogen) atoms. The number of hydrogen-bond donors (Lipinski definition) is 2. The molecule has 0 radical (unpaired) electrons. The molecule has 1 heterocycles. The van der Waals surface area contributed by atoms with Crippen molar-refractivity contribution >= 4 is 5.82 Å². The van der Waals surface area contributed by atoms with E-state index in [1.807, 2.05) is 11.7 Å². The molecular formula is C15H24N4. The fourth-order valence-corrected chi connectivity index (χ4v) is 5.52. The molecule has 0 spiro atoms. The highest BCUT2D eigenvalue weighted by Crippen LogP contribution is 2.60. The maximum atomic E-state index is 6.30. The summed E-state index contributed by atoms with van der Waals surface area (Å²) in [6, 6.07) is 0. The highest BCUT2D eigenvalue weighted by molar-refractivity contribution is 5.47. The van der Waals surface area contributed by atoms with Crippen LogP contribution in [-0.2, 0) is 13.6 Å². The Morgan fingerprint density at radius 2 is 1.68 bits per heavy atom. The number of rotatable bonds is 2. The molecule has 1 aromatic heterocycles. The van der Waals surface area contributed by atoms with Crippen LogP contribution in [0.3, 0.4) is 0 Å². The Hall–Kier alpha value is -1.03. The Morgan fingerprint density at radius 3 is 2.21 bits per heavy atom. The van der Waals surface area contributed by atoms with E-state index in [0.717, 1.165) is 35.2 Å². The second kappa shape index (κ2) is 3.98. The second-order valence-corrected chi connectivity index (χ2v) is 7.03. The van der Waals surface area contributed by atoms with Crippen molar-refractivity contribution in [1.29, 1.82) is 0 Å². The van der Waals surface area contributed by atoms with E-state index in [4.69, 9.17) is 11.5 Å². The summed E-state index contributed by atoms with van der Waals surface area (Å²) < 4.78 is 1.82. The molecule has 0 aliphatic heterocycles. The molecule has 4 nitrogen and oxygen atoms in total. The lowest BCUT2D eigenvalue weighted by atomic mass is 9.50. The summed E-state index contributed by atoms with van der Waals surface area (Å²) >= 11 is 0. The van der Waals surface area contributed by atoms with Crippen LogP contribution in [0.5, 0.6) is 0 Å². The molecular weight excluding hydrogens is 236 g/mol. The Balaban J connectivity index is 1.76. The van der Waals surface area contributed by atoms with Crippen molar-refractivity contribution in [2.45, 2.75) is 44.6 Å². The zero-order chi connectivity index (χ0) is 13.1. The van der Waals surface area contributed by atoms with Gasteiger partial charge < -0.3 is 11.5 Å².